The second-order valence-electron chi connectivity index (χ2n) is 7.12. The molecule has 31 heavy (non-hydrogen) atoms. The van der Waals surface area contributed by atoms with Crippen LogP contribution in [0.3, 0.4) is 0 Å². The van der Waals surface area contributed by atoms with Crippen LogP contribution >= 0.6 is 11.3 Å². The van der Waals surface area contributed by atoms with Gasteiger partial charge in [-0.15, -0.1) is 26.6 Å². The van der Waals surface area contributed by atoms with E-state index in [2.05, 4.69) is 37.5 Å². The monoisotopic (exact) mass is 435 g/mol. The molecule has 9 nitrogen and oxygen atoms in total. The van der Waals surface area contributed by atoms with E-state index in [1.165, 1.54) is 4.88 Å². The van der Waals surface area contributed by atoms with Gasteiger partial charge >= 0.3 is 0 Å². The molecular formula is C21H21N7O2S. The summed E-state index contributed by atoms with van der Waals surface area (Å²) >= 11 is 1.68. The molecule has 10 heteroatoms. The lowest BCUT2D eigenvalue weighted by Gasteiger charge is -2.11. The van der Waals surface area contributed by atoms with Gasteiger partial charge in [-0.05, 0) is 23.9 Å². The number of carbonyl (C=O) groups excluding carboxylic acids is 1. The number of benzene rings is 1. The largest absolute Gasteiger partial charge is 0.475 e. The quantitative estimate of drug-likeness (QED) is 0.381. The van der Waals surface area contributed by atoms with Gasteiger partial charge in [-0.25, -0.2) is 10.9 Å². The molecule has 0 aliphatic carbocycles. The van der Waals surface area contributed by atoms with Crippen molar-refractivity contribution >= 4 is 22.9 Å². The van der Waals surface area contributed by atoms with E-state index in [0.29, 0.717) is 36.9 Å². The van der Waals surface area contributed by atoms with E-state index in [4.69, 9.17) is 4.74 Å². The molecule has 1 aliphatic heterocycles. The van der Waals surface area contributed by atoms with Crippen LogP contribution in [0.25, 0.3) is 17.0 Å². The summed E-state index contributed by atoms with van der Waals surface area (Å²) in [5.41, 5.74) is 7.81. The number of carbonyl (C=O) groups is 1. The average Bonchev–Trinajstić information content (AvgIpc) is 3.57. The van der Waals surface area contributed by atoms with E-state index in [1.54, 1.807) is 28.0 Å². The minimum absolute atomic E-state index is 0.0521. The maximum atomic E-state index is 12.4. The van der Waals surface area contributed by atoms with Crippen LogP contribution < -0.4 is 20.9 Å². The Hall–Kier alpha value is -3.34. The van der Waals surface area contributed by atoms with E-state index in [1.807, 2.05) is 41.8 Å². The molecule has 4 heterocycles. The molecule has 1 amide bonds. The molecule has 0 saturated carbocycles. The first-order valence-corrected chi connectivity index (χ1v) is 10.9. The van der Waals surface area contributed by atoms with Gasteiger partial charge < -0.3 is 10.1 Å². The highest BCUT2D eigenvalue weighted by Crippen LogP contribution is 2.26. The van der Waals surface area contributed by atoms with Gasteiger partial charge in [-0.2, -0.15) is 4.52 Å². The Morgan fingerprint density at radius 2 is 2.03 bits per heavy atom. The number of nitrogens with one attached hydrogen (secondary N) is 3. The Bertz CT molecular complexity index is 1160. The van der Waals surface area contributed by atoms with E-state index >= 15 is 0 Å². The summed E-state index contributed by atoms with van der Waals surface area (Å²) in [6, 6.07) is 17.3. The summed E-state index contributed by atoms with van der Waals surface area (Å²) in [6.07, 6.45) is 0.710. The maximum absolute atomic E-state index is 12.4. The molecule has 5 rings (SSSR count). The SMILES string of the molecule is O=C(NCCOc1ccc2nnc(-c3ccccc3)n2n1)C1CC(c2cccs2)NN1. The van der Waals surface area contributed by atoms with Gasteiger partial charge in [0, 0.05) is 16.5 Å². The summed E-state index contributed by atoms with van der Waals surface area (Å²) in [6.45, 7) is 0.690. The fourth-order valence-electron chi connectivity index (χ4n) is 3.47. The molecule has 3 aromatic heterocycles. The smallest absolute Gasteiger partial charge is 0.238 e. The third kappa shape index (κ3) is 4.26. The van der Waals surface area contributed by atoms with Crippen LogP contribution in [0.15, 0.2) is 60.0 Å². The molecule has 4 aromatic rings. The predicted molar refractivity (Wildman–Crippen MR) is 116 cm³/mol. The summed E-state index contributed by atoms with van der Waals surface area (Å²) in [4.78, 5) is 13.6. The van der Waals surface area contributed by atoms with Crippen molar-refractivity contribution in [1.29, 1.82) is 0 Å². The second-order valence-corrected chi connectivity index (χ2v) is 8.09. The summed E-state index contributed by atoms with van der Waals surface area (Å²) < 4.78 is 7.39. The van der Waals surface area contributed by atoms with Gasteiger partial charge in [0.15, 0.2) is 11.5 Å². The number of hydrogen-bond acceptors (Lipinski definition) is 8. The Kier molecular flexibility index (Phi) is 5.57. The molecule has 0 bridgehead atoms. The molecule has 1 saturated heterocycles. The number of amides is 1. The number of fused-ring (bicyclic) bond motifs is 1. The highest BCUT2D eigenvalue weighted by Gasteiger charge is 2.30. The van der Waals surface area contributed by atoms with Crippen LogP contribution in [0.5, 0.6) is 5.88 Å². The lowest BCUT2D eigenvalue weighted by Crippen LogP contribution is -2.44. The molecule has 158 valence electrons. The Morgan fingerprint density at radius 3 is 2.87 bits per heavy atom. The number of nitrogens with zero attached hydrogens (tertiary/aromatic N) is 4. The fourth-order valence-corrected chi connectivity index (χ4v) is 4.26. The van der Waals surface area contributed by atoms with Crippen molar-refractivity contribution in [3.8, 4) is 17.3 Å². The second kappa shape index (κ2) is 8.80. The fraction of sp³-hybridized carbons (Fsp3) is 0.238. The highest BCUT2D eigenvalue weighted by atomic mass is 32.1. The molecule has 1 fully saturated rings. The Balaban J connectivity index is 1.14. The number of ether oxygens (including phenoxy) is 1. The molecule has 1 aliphatic rings. The maximum Gasteiger partial charge on any atom is 0.238 e. The van der Waals surface area contributed by atoms with Crippen LogP contribution in [0, 0.1) is 0 Å². The topological polar surface area (TPSA) is 105 Å². The molecule has 0 spiro atoms. The minimum Gasteiger partial charge on any atom is -0.475 e. The molecule has 1 aromatic carbocycles. The Labute approximate surface area is 182 Å². The predicted octanol–water partition coefficient (Wildman–Crippen LogP) is 1.96. The van der Waals surface area contributed by atoms with E-state index in [0.717, 1.165) is 5.56 Å². The summed E-state index contributed by atoms with van der Waals surface area (Å²) in [5.74, 6) is 1.04. The zero-order valence-electron chi connectivity index (χ0n) is 16.6. The molecule has 0 radical (unpaired) electrons. The number of hydrogen-bond donors (Lipinski definition) is 3. The van der Waals surface area contributed by atoms with Gasteiger partial charge in [0.05, 0.1) is 12.6 Å². The molecule has 2 unspecified atom stereocenters. The normalized spacial score (nSPS) is 18.3. The van der Waals surface area contributed by atoms with Gasteiger partial charge in [0.1, 0.15) is 12.6 Å². The third-order valence-electron chi connectivity index (χ3n) is 5.03. The van der Waals surface area contributed by atoms with Crippen molar-refractivity contribution in [3.05, 3.63) is 64.9 Å². The summed E-state index contributed by atoms with van der Waals surface area (Å²) in [7, 11) is 0. The zero-order chi connectivity index (χ0) is 21.0. The molecular weight excluding hydrogens is 414 g/mol. The molecule has 2 atom stereocenters. The molecule has 3 N–H and O–H groups in total. The van der Waals surface area contributed by atoms with Gasteiger partial charge in [-0.1, -0.05) is 36.4 Å². The highest BCUT2D eigenvalue weighted by molar-refractivity contribution is 7.10. The van der Waals surface area contributed by atoms with Crippen molar-refractivity contribution in [2.24, 2.45) is 0 Å². The van der Waals surface area contributed by atoms with Crippen LogP contribution in [0.2, 0.25) is 0 Å². The summed E-state index contributed by atoms with van der Waals surface area (Å²) in [5, 5.41) is 17.8. The van der Waals surface area contributed by atoms with Crippen LogP contribution in [-0.2, 0) is 4.79 Å². The van der Waals surface area contributed by atoms with Crippen molar-refractivity contribution in [2.45, 2.75) is 18.5 Å². The van der Waals surface area contributed by atoms with Crippen LogP contribution in [0.1, 0.15) is 17.3 Å². The first-order valence-electron chi connectivity index (χ1n) is 10.0. The first-order chi connectivity index (χ1) is 15.3. The first kappa shape index (κ1) is 19.6. The van der Waals surface area contributed by atoms with Crippen LogP contribution in [-0.4, -0.2) is 44.9 Å². The lowest BCUT2D eigenvalue weighted by atomic mass is 10.1. The van der Waals surface area contributed by atoms with E-state index < -0.39 is 0 Å². The van der Waals surface area contributed by atoms with Gasteiger partial charge in [0.25, 0.3) is 0 Å². The van der Waals surface area contributed by atoms with Crippen molar-refractivity contribution in [2.75, 3.05) is 13.2 Å². The third-order valence-corrected chi connectivity index (χ3v) is 6.01. The number of rotatable bonds is 7. The number of aromatic nitrogens is 4. The van der Waals surface area contributed by atoms with E-state index in [9.17, 15) is 4.79 Å². The van der Waals surface area contributed by atoms with Crippen molar-refractivity contribution in [3.63, 3.8) is 0 Å². The zero-order valence-corrected chi connectivity index (χ0v) is 17.4. The lowest BCUT2D eigenvalue weighted by molar-refractivity contribution is -0.123. The minimum atomic E-state index is -0.271. The average molecular weight is 436 g/mol. The number of hydrazine groups is 1. The van der Waals surface area contributed by atoms with Gasteiger partial charge in [0.2, 0.25) is 11.8 Å². The Morgan fingerprint density at radius 1 is 1.13 bits per heavy atom. The van der Waals surface area contributed by atoms with Gasteiger partial charge in [-0.3, -0.25) is 4.79 Å². The van der Waals surface area contributed by atoms with Crippen molar-refractivity contribution in [1.82, 2.24) is 36.0 Å². The van der Waals surface area contributed by atoms with Crippen molar-refractivity contribution < 1.29 is 9.53 Å². The standard InChI is InChI=1S/C21H21N7O2S/c29-21(16-13-15(23-24-16)17-7-4-12-31-17)22-10-11-30-19-9-8-18-25-26-20(28(18)27-19)14-5-2-1-3-6-14/h1-9,12,15-16,23-24H,10-11,13H2,(H,22,29). The number of thiophene rings is 1. The van der Waals surface area contributed by atoms with E-state index in [-0.39, 0.29) is 18.0 Å². The van der Waals surface area contributed by atoms with Crippen LogP contribution in [0.4, 0.5) is 0 Å².